The number of hydrogen-bond donors (Lipinski definition) is 1. The third-order valence-electron chi connectivity index (χ3n) is 11.9. The van der Waals surface area contributed by atoms with Crippen LogP contribution in [0.5, 0.6) is 0 Å². The Hall–Kier alpha value is -3.19. The Labute approximate surface area is 406 Å². The molecular formula is C59H102O7. The molecular weight excluding hydrogens is 821 g/mol. The van der Waals surface area contributed by atoms with Crippen molar-refractivity contribution in [3.05, 3.63) is 72.9 Å². The molecule has 0 spiro atoms. The number of esters is 3. The molecule has 0 saturated carbocycles. The molecule has 0 aliphatic rings. The lowest BCUT2D eigenvalue weighted by Gasteiger charge is -2.30. The van der Waals surface area contributed by atoms with Crippen LogP contribution in [0.3, 0.4) is 0 Å². The van der Waals surface area contributed by atoms with Crippen molar-refractivity contribution < 1.29 is 33.7 Å². The molecule has 0 radical (unpaired) electrons. The minimum absolute atomic E-state index is 0.184. The fourth-order valence-corrected chi connectivity index (χ4v) is 7.42. The van der Waals surface area contributed by atoms with E-state index < -0.39 is 12.0 Å². The van der Waals surface area contributed by atoms with Crippen LogP contribution in [-0.4, -0.2) is 49.4 Å². The Kier molecular flexibility index (Phi) is 48.7. The van der Waals surface area contributed by atoms with Gasteiger partial charge in [0.25, 0.3) is 0 Å². The number of aliphatic hydroxyl groups is 1. The summed E-state index contributed by atoms with van der Waals surface area (Å²) in [6.07, 6.45) is 64.4. The van der Waals surface area contributed by atoms with E-state index in [4.69, 9.17) is 14.2 Å². The maximum Gasteiger partial charge on any atom is 0.305 e. The number of carbonyl (C=O) groups is 3. The number of aliphatic hydroxyl groups excluding tert-OH is 1. The Morgan fingerprint density at radius 3 is 0.803 bits per heavy atom. The maximum atomic E-state index is 12.8. The zero-order valence-electron chi connectivity index (χ0n) is 43.1. The number of unbranched alkanes of at least 4 members (excludes halogenated alkanes) is 24. The topological polar surface area (TPSA) is 99.1 Å². The summed E-state index contributed by atoms with van der Waals surface area (Å²) in [5.41, 5.74) is -1.21. The van der Waals surface area contributed by atoms with Gasteiger partial charge in [0.05, 0.1) is 12.0 Å². The largest absolute Gasteiger partial charge is 0.465 e. The van der Waals surface area contributed by atoms with Crippen molar-refractivity contribution in [3.63, 3.8) is 0 Å². The molecule has 0 atom stereocenters. The van der Waals surface area contributed by atoms with E-state index in [2.05, 4.69) is 93.7 Å². The molecule has 7 nitrogen and oxygen atoms in total. The minimum Gasteiger partial charge on any atom is -0.465 e. The lowest BCUT2D eigenvalue weighted by Crippen LogP contribution is -2.42. The number of ether oxygens (including phenoxy) is 3. The van der Waals surface area contributed by atoms with Crippen LogP contribution in [0.2, 0.25) is 0 Å². The number of allylic oxidation sites excluding steroid dienone is 12. The van der Waals surface area contributed by atoms with Crippen molar-refractivity contribution >= 4 is 17.9 Å². The van der Waals surface area contributed by atoms with Gasteiger partial charge in [-0.25, -0.2) is 0 Å². The molecule has 0 bridgehead atoms. The second kappa shape index (κ2) is 51.2. The summed E-state index contributed by atoms with van der Waals surface area (Å²) < 4.78 is 17.0. The first-order valence-corrected chi connectivity index (χ1v) is 27.4. The first kappa shape index (κ1) is 62.8. The van der Waals surface area contributed by atoms with Gasteiger partial charge < -0.3 is 19.3 Å². The molecule has 0 unspecified atom stereocenters. The average Bonchev–Trinajstić information content (AvgIpc) is 3.32. The molecule has 7 heteroatoms. The van der Waals surface area contributed by atoms with Crippen LogP contribution in [0.1, 0.15) is 252 Å². The van der Waals surface area contributed by atoms with Gasteiger partial charge in [-0.2, -0.15) is 0 Å². The molecule has 66 heavy (non-hydrogen) atoms. The predicted octanol–water partition coefficient (Wildman–Crippen LogP) is 17.0. The Morgan fingerprint density at radius 1 is 0.333 bits per heavy atom. The second-order valence-electron chi connectivity index (χ2n) is 18.6. The van der Waals surface area contributed by atoms with Crippen LogP contribution in [0, 0.1) is 5.41 Å². The summed E-state index contributed by atoms with van der Waals surface area (Å²) in [7, 11) is 0. The second-order valence-corrected chi connectivity index (χ2v) is 18.6. The van der Waals surface area contributed by atoms with Crippen LogP contribution < -0.4 is 0 Å². The Bertz CT molecular complexity index is 1120. The van der Waals surface area contributed by atoms with Crippen molar-refractivity contribution in [1.82, 2.24) is 0 Å². The summed E-state index contributed by atoms with van der Waals surface area (Å²) in [6, 6.07) is 0. The third kappa shape index (κ3) is 45.9. The SMILES string of the molecule is CCCCCC=CC/C=C\CCCCCCCC(=O)OCC(CO)(COC(=O)CCCCCCC/C=C\C/C=C\CCCCC)COC(=O)CCCCCCC/C=C\C/C=C\CCCCC. The first-order valence-electron chi connectivity index (χ1n) is 27.4. The van der Waals surface area contributed by atoms with Crippen LogP contribution in [0.25, 0.3) is 0 Å². The molecule has 380 valence electrons. The lowest BCUT2D eigenvalue weighted by atomic mass is 9.92. The highest BCUT2D eigenvalue weighted by Crippen LogP contribution is 2.22. The van der Waals surface area contributed by atoms with E-state index in [1.54, 1.807) is 0 Å². The van der Waals surface area contributed by atoms with Gasteiger partial charge in [0.2, 0.25) is 0 Å². The number of hydrogen-bond acceptors (Lipinski definition) is 7. The van der Waals surface area contributed by atoms with E-state index in [1.807, 2.05) is 0 Å². The molecule has 0 heterocycles. The smallest absolute Gasteiger partial charge is 0.305 e. The maximum absolute atomic E-state index is 12.8. The molecule has 0 aromatic heterocycles. The molecule has 0 saturated heterocycles. The van der Waals surface area contributed by atoms with Gasteiger partial charge in [-0.15, -0.1) is 0 Å². The summed E-state index contributed by atoms with van der Waals surface area (Å²) >= 11 is 0. The Morgan fingerprint density at radius 2 is 0.561 bits per heavy atom. The molecule has 0 rings (SSSR count). The van der Waals surface area contributed by atoms with Gasteiger partial charge >= 0.3 is 17.9 Å². The van der Waals surface area contributed by atoms with Gasteiger partial charge in [0.1, 0.15) is 19.8 Å². The van der Waals surface area contributed by atoms with Crippen molar-refractivity contribution in [3.8, 4) is 0 Å². The van der Waals surface area contributed by atoms with E-state index in [-0.39, 0.29) is 57.0 Å². The van der Waals surface area contributed by atoms with Crippen molar-refractivity contribution in [2.45, 2.75) is 252 Å². The fourth-order valence-electron chi connectivity index (χ4n) is 7.42. The van der Waals surface area contributed by atoms with E-state index in [1.165, 1.54) is 77.0 Å². The van der Waals surface area contributed by atoms with E-state index in [0.29, 0.717) is 0 Å². The summed E-state index contributed by atoms with van der Waals surface area (Å²) in [4.78, 5) is 38.4. The highest BCUT2D eigenvalue weighted by molar-refractivity contribution is 5.70. The first-order chi connectivity index (χ1) is 32.4. The van der Waals surface area contributed by atoms with E-state index >= 15 is 0 Å². The molecule has 0 fully saturated rings. The summed E-state index contributed by atoms with van der Waals surface area (Å²) in [5.74, 6) is -1.07. The zero-order chi connectivity index (χ0) is 48.1. The van der Waals surface area contributed by atoms with E-state index in [9.17, 15) is 19.5 Å². The van der Waals surface area contributed by atoms with Crippen LogP contribution >= 0.6 is 0 Å². The summed E-state index contributed by atoms with van der Waals surface area (Å²) in [5, 5.41) is 10.6. The number of carbonyl (C=O) groups excluding carboxylic acids is 3. The van der Waals surface area contributed by atoms with Crippen LogP contribution in [-0.2, 0) is 28.6 Å². The Balaban J connectivity index is 4.69. The third-order valence-corrected chi connectivity index (χ3v) is 11.9. The van der Waals surface area contributed by atoms with Gasteiger partial charge in [0, 0.05) is 19.3 Å². The van der Waals surface area contributed by atoms with Crippen molar-refractivity contribution in [2.24, 2.45) is 5.41 Å². The van der Waals surface area contributed by atoms with Crippen LogP contribution in [0.15, 0.2) is 72.9 Å². The minimum atomic E-state index is -1.21. The van der Waals surface area contributed by atoms with Crippen molar-refractivity contribution in [1.29, 1.82) is 0 Å². The molecule has 0 aromatic carbocycles. The molecule has 0 aromatic rings. The quantitative estimate of drug-likeness (QED) is 0.0281. The average molecular weight is 923 g/mol. The number of rotatable bonds is 49. The van der Waals surface area contributed by atoms with Crippen molar-refractivity contribution in [2.75, 3.05) is 26.4 Å². The zero-order valence-corrected chi connectivity index (χ0v) is 43.1. The van der Waals surface area contributed by atoms with Gasteiger partial charge in [0.15, 0.2) is 0 Å². The predicted molar refractivity (Wildman–Crippen MR) is 280 cm³/mol. The van der Waals surface area contributed by atoms with Crippen LogP contribution in [0.4, 0.5) is 0 Å². The standard InChI is InChI=1S/C59H102O7/c1-4-7-10-13-16-19-22-25-28-31-34-37-40-43-46-49-56(61)64-53-59(52-60,54-65-57(62)50-47-44-41-38-35-32-29-26-23-20-17-14-11-8-5-2)55-66-58(63)51-48-45-42-39-36-33-30-27-24-21-18-15-12-9-6-3/h16-21,25-30,60H,4-15,22-24,31-55H2,1-3H3/b19-16-,20-17-,21-18?,28-25-,29-26-,30-27-. The molecule has 0 amide bonds. The highest BCUT2D eigenvalue weighted by atomic mass is 16.6. The summed E-state index contributed by atoms with van der Waals surface area (Å²) in [6.45, 7) is 5.70. The monoisotopic (exact) mass is 923 g/mol. The lowest BCUT2D eigenvalue weighted by molar-refractivity contribution is -0.165. The highest BCUT2D eigenvalue weighted by Gasteiger charge is 2.35. The van der Waals surface area contributed by atoms with Gasteiger partial charge in [-0.1, -0.05) is 190 Å². The fraction of sp³-hybridized carbons (Fsp3) is 0.746. The van der Waals surface area contributed by atoms with E-state index in [0.717, 1.165) is 135 Å². The van der Waals surface area contributed by atoms with Gasteiger partial charge in [-0.05, 0) is 116 Å². The normalized spacial score (nSPS) is 12.4. The molecule has 0 aliphatic carbocycles. The van der Waals surface area contributed by atoms with Gasteiger partial charge in [-0.3, -0.25) is 14.4 Å². The molecule has 0 aliphatic heterocycles. The molecule has 1 N–H and O–H groups in total.